The van der Waals surface area contributed by atoms with Gasteiger partial charge in [0, 0.05) is 6.04 Å². The van der Waals surface area contributed by atoms with Crippen molar-refractivity contribution in [2.75, 3.05) is 5.32 Å². The molecule has 1 fully saturated rings. The molecule has 100 valence electrons. The van der Waals surface area contributed by atoms with E-state index < -0.39 is 0 Å². The maximum Gasteiger partial charge on any atom is 0.0721 e. The van der Waals surface area contributed by atoms with Crippen LogP contribution in [0, 0.1) is 5.41 Å². The van der Waals surface area contributed by atoms with Crippen LogP contribution in [0.4, 0.5) is 5.69 Å². The van der Waals surface area contributed by atoms with E-state index >= 15 is 0 Å². The normalized spacial score (nSPS) is 23.4. The molecule has 1 unspecified atom stereocenters. The fraction of sp³-hybridized carbons (Fsp3) is 0.600. The van der Waals surface area contributed by atoms with Gasteiger partial charge in [-0.2, -0.15) is 0 Å². The monoisotopic (exact) mass is 285 g/mol. The van der Waals surface area contributed by atoms with Crippen molar-refractivity contribution < 1.29 is 0 Å². The second-order valence-electron chi connectivity index (χ2n) is 6.03. The molecule has 0 aliphatic heterocycles. The number of benzene rings is 1. The zero-order chi connectivity index (χ0) is 13.2. The molecule has 0 amide bonds. The topological polar surface area (TPSA) is 12.0 Å². The molecular weight excluding hydrogens is 265 g/mol. The van der Waals surface area contributed by atoms with Crippen LogP contribution in [0.5, 0.6) is 0 Å². The van der Waals surface area contributed by atoms with E-state index in [9.17, 15) is 0 Å². The summed E-state index contributed by atoms with van der Waals surface area (Å²) in [4.78, 5) is 0. The van der Waals surface area contributed by atoms with Crippen LogP contribution >= 0.6 is 23.2 Å². The van der Waals surface area contributed by atoms with E-state index in [0.29, 0.717) is 21.5 Å². The van der Waals surface area contributed by atoms with E-state index in [4.69, 9.17) is 23.2 Å². The lowest BCUT2D eigenvalue weighted by Crippen LogP contribution is -2.19. The lowest BCUT2D eigenvalue weighted by Gasteiger charge is -2.23. The smallest absolute Gasteiger partial charge is 0.0721 e. The predicted octanol–water partition coefficient (Wildman–Crippen LogP) is 5.76. The molecule has 1 saturated carbocycles. The van der Waals surface area contributed by atoms with Gasteiger partial charge in [0.25, 0.3) is 0 Å². The van der Waals surface area contributed by atoms with Gasteiger partial charge in [-0.05, 0) is 43.2 Å². The van der Waals surface area contributed by atoms with Crippen molar-refractivity contribution in [1.82, 2.24) is 0 Å². The van der Waals surface area contributed by atoms with Crippen LogP contribution in [0.2, 0.25) is 10.0 Å². The summed E-state index contributed by atoms with van der Waals surface area (Å²) < 4.78 is 0. The van der Waals surface area contributed by atoms with Crippen molar-refractivity contribution in [3.05, 3.63) is 28.2 Å². The first-order valence-corrected chi connectivity index (χ1v) is 7.44. The van der Waals surface area contributed by atoms with Gasteiger partial charge < -0.3 is 5.32 Å². The fourth-order valence-electron chi connectivity index (χ4n) is 2.65. The molecule has 0 spiro atoms. The van der Waals surface area contributed by atoms with Gasteiger partial charge in [-0.15, -0.1) is 0 Å². The third-order valence-electron chi connectivity index (χ3n) is 3.89. The van der Waals surface area contributed by atoms with Crippen LogP contribution < -0.4 is 5.32 Å². The van der Waals surface area contributed by atoms with E-state index in [0.717, 1.165) is 5.69 Å². The van der Waals surface area contributed by atoms with Crippen molar-refractivity contribution in [3.8, 4) is 0 Å². The summed E-state index contributed by atoms with van der Waals surface area (Å²) in [6.45, 7) is 4.72. The third-order valence-corrected chi connectivity index (χ3v) is 4.52. The Labute approximate surface area is 120 Å². The van der Waals surface area contributed by atoms with E-state index in [1.54, 1.807) is 0 Å². The number of anilines is 1. The highest BCUT2D eigenvalue weighted by Crippen LogP contribution is 2.37. The first kappa shape index (κ1) is 14.0. The van der Waals surface area contributed by atoms with Crippen LogP contribution in [-0.4, -0.2) is 6.04 Å². The molecule has 2 rings (SSSR count). The largest absolute Gasteiger partial charge is 0.380 e. The Morgan fingerprint density at radius 2 is 1.78 bits per heavy atom. The molecule has 3 heteroatoms. The van der Waals surface area contributed by atoms with Crippen LogP contribution in [0.15, 0.2) is 18.2 Å². The van der Waals surface area contributed by atoms with Crippen LogP contribution in [0.1, 0.15) is 46.0 Å². The summed E-state index contributed by atoms with van der Waals surface area (Å²) in [6, 6.07) is 6.14. The van der Waals surface area contributed by atoms with Gasteiger partial charge >= 0.3 is 0 Å². The number of hydrogen-bond donors (Lipinski definition) is 1. The highest BCUT2D eigenvalue weighted by molar-refractivity contribution is 6.39. The van der Waals surface area contributed by atoms with Gasteiger partial charge in [0.05, 0.1) is 15.7 Å². The second kappa shape index (κ2) is 5.71. The molecule has 1 N–H and O–H groups in total. The molecule has 1 atom stereocenters. The minimum Gasteiger partial charge on any atom is -0.380 e. The number of halogens is 2. The van der Waals surface area contributed by atoms with E-state index in [1.165, 1.54) is 32.1 Å². The first-order chi connectivity index (χ1) is 8.48. The van der Waals surface area contributed by atoms with Gasteiger partial charge in [0.15, 0.2) is 0 Å². The molecular formula is C15H21Cl2N. The Hall–Kier alpha value is -0.400. The Balaban J connectivity index is 2.05. The van der Waals surface area contributed by atoms with Crippen LogP contribution in [-0.2, 0) is 0 Å². The van der Waals surface area contributed by atoms with Gasteiger partial charge in [0.1, 0.15) is 0 Å². The molecule has 0 bridgehead atoms. The average Bonchev–Trinajstić information content (AvgIpc) is 2.46. The highest BCUT2D eigenvalue weighted by atomic mass is 35.5. The number of nitrogens with one attached hydrogen (secondary N) is 1. The summed E-state index contributed by atoms with van der Waals surface area (Å²) in [6.07, 6.45) is 6.22. The SMILES string of the molecule is CC1(C)CCCC(Nc2c(Cl)cccc2Cl)CC1. The summed E-state index contributed by atoms with van der Waals surface area (Å²) in [5.74, 6) is 0. The molecule has 1 nitrogen and oxygen atoms in total. The third kappa shape index (κ3) is 3.55. The van der Waals surface area contributed by atoms with Crippen molar-refractivity contribution in [2.24, 2.45) is 5.41 Å². The van der Waals surface area contributed by atoms with E-state index in [-0.39, 0.29) is 0 Å². The lowest BCUT2D eigenvalue weighted by molar-refractivity contribution is 0.313. The quantitative estimate of drug-likeness (QED) is 0.681. The van der Waals surface area contributed by atoms with Gasteiger partial charge in [-0.1, -0.05) is 49.5 Å². The molecule has 1 aliphatic rings. The fourth-order valence-corrected chi connectivity index (χ4v) is 3.15. The number of rotatable bonds is 2. The molecule has 1 aromatic carbocycles. The molecule has 0 heterocycles. The summed E-state index contributed by atoms with van der Waals surface area (Å²) in [7, 11) is 0. The van der Waals surface area contributed by atoms with E-state index in [2.05, 4.69) is 19.2 Å². The van der Waals surface area contributed by atoms with Gasteiger partial charge in [0.2, 0.25) is 0 Å². The van der Waals surface area contributed by atoms with Crippen molar-refractivity contribution in [1.29, 1.82) is 0 Å². The van der Waals surface area contributed by atoms with Gasteiger partial charge in [-0.25, -0.2) is 0 Å². The molecule has 0 aromatic heterocycles. The summed E-state index contributed by atoms with van der Waals surface area (Å²) in [5, 5.41) is 4.96. The van der Waals surface area contributed by atoms with Crippen molar-refractivity contribution in [2.45, 2.75) is 52.0 Å². The molecule has 0 radical (unpaired) electrons. The molecule has 1 aromatic rings. The summed E-state index contributed by atoms with van der Waals surface area (Å²) >= 11 is 12.4. The minimum absolute atomic E-state index is 0.473. The standard InChI is InChI=1S/C15H21Cl2N/c1-15(2)9-4-5-11(8-10-15)18-14-12(16)6-3-7-13(14)17/h3,6-7,11,18H,4-5,8-10H2,1-2H3. The lowest BCUT2D eigenvalue weighted by atomic mass is 9.85. The zero-order valence-electron chi connectivity index (χ0n) is 11.1. The first-order valence-electron chi connectivity index (χ1n) is 6.68. The minimum atomic E-state index is 0.473. The number of para-hydroxylation sites is 1. The van der Waals surface area contributed by atoms with Crippen molar-refractivity contribution in [3.63, 3.8) is 0 Å². The predicted molar refractivity (Wildman–Crippen MR) is 80.7 cm³/mol. The Kier molecular flexibility index (Phi) is 4.45. The molecule has 18 heavy (non-hydrogen) atoms. The Morgan fingerprint density at radius 1 is 1.11 bits per heavy atom. The maximum absolute atomic E-state index is 6.20. The Morgan fingerprint density at radius 3 is 2.44 bits per heavy atom. The number of hydrogen-bond acceptors (Lipinski definition) is 1. The Bertz CT molecular complexity index is 395. The summed E-state index contributed by atoms with van der Waals surface area (Å²) in [5.41, 5.74) is 1.37. The van der Waals surface area contributed by atoms with Crippen LogP contribution in [0.25, 0.3) is 0 Å². The zero-order valence-corrected chi connectivity index (χ0v) is 12.6. The second-order valence-corrected chi connectivity index (χ2v) is 6.85. The highest BCUT2D eigenvalue weighted by Gasteiger charge is 2.24. The van der Waals surface area contributed by atoms with Crippen LogP contribution in [0.3, 0.4) is 0 Å². The molecule has 1 aliphatic carbocycles. The molecule has 0 saturated heterocycles. The average molecular weight is 286 g/mol. The maximum atomic E-state index is 6.20. The van der Waals surface area contributed by atoms with Gasteiger partial charge in [-0.3, -0.25) is 0 Å². The van der Waals surface area contributed by atoms with E-state index in [1.807, 2.05) is 18.2 Å². The van der Waals surface area contributed by atoms with Crippen molar-refractivity contribution >= 4 is 28.9 Å².